The van der Waals surface area contributed by atoms with Crippen LogP contribution in [0.2, 0.25) is 5.02 Å². The maximum atomic E-state index is 12.5. The maximum absolute atomic E-state index is 12.5. The molecule has 0 bridgehead atoms. The number of aromatic nitrogens is 2. The van der Waals surface area contributed by atoms with Gasteiger partial charge in [-0.1, -0.05) is 32.4 Å². The van der Waals surface area contributed by atoms with Crippen molar-refractivity contribution in [1.29, 1.82) is 0 Å². The van der Waals surface area contributed by atoms with Crippen molar-refractivity contribution in [2.45, 2.75) is 33.1 Å². The van der Waals surface area contributed by atoms with Gasteiger partial charge in [-0.3, -0.25) is 4.79 Å². The van der Waals surface area contributed by atoms with Crippen LogP contribution in [0.1, 0.15) is 43.9 Å². The minimum absolute atomic E-state index is 0.154. The first-order chi connectivity index (χ1) is 11.8. The number of carbonyl (C=O) groups is 1. The number of hydrogen-bond donors (Lipinski definition) is 1. The highest BCUT2D eigenvalue weighted by Gasteiger charge is 2.18. The van der Waals surface area contributed by atoms with E-state index in [1.807, 2.05) is 27.7 Å². The molecule has 134 valence electrons. The third-order valence-corrected chi connectivity index (χ3v) is 3.64. The van der Waals surface area contributed by atoms with Crippen LogP contribution in [0.25, 0.3) is 0 Å². The molecule has 0 atom stereocenters. The Morgan fingerprint density at radius 3 is 2.40 bits per heavy atom. The predicted octanol–water partition coefficient (Wildman–Crippen LogP) is 4.09. The Hall–Kier alpha value is -2.34. The summed E-state index contributed by atoms with van der Waals surface area (Å²) in [4.78, 5) is 21.0. The normalized spacial score (nSPS) is 11.1. The van der Waals surface area contributed by atoms with Crippen LogP contribution in [0.4, 0.5) is 5.69 Å². The molecule has 0 spiro atoms. The fourth-order valence-electron chi connectivity index (χ4n) is 2.12. The molecular formula is C18H22ClN3O3. The average Bonchev–Trinajstić information content (AvgIpc) is 2.56. The van der Waals surface area contributed by atoms with E-state index >= 15 is 0 Å². The summed E-state index contributed by atoms with van der Waals surface area (Å²) in [7, 11) is 1.49. The fourth-order valence-corrected chi connectivity index (χ4v) is 2.38. The molecule has 6 nitrogen and oxygen atoms in total. The van der Waals surface area contributed by atoms with Gasteiger partial charge in [0.05, 0.1) is 36.8 Å². The number of ether oxygens (including phenoxy) is 2. The molecule has 1 aromatic heterocycles. The summed E-state index contributed by atoms with van der Waals surface area (Å²) in [5.74, 6) is 1.19. The van der Waals surface area contributed by atoms with E-state index in [2.05, 4.69) is 15.3 Å². The fraction of sp³-hybridized carbons (Fsp3) is 0.389. The zero-order valence-electron chi connectivity index (χ0n) is 15.0. The molecule has 1 N–H and O–H groups in total. The third-order valence-electron chi connectivity index (χ3n) is 3.36. The Labute approximate surface area is 152 Å². The number of anilines is 1. The molecule has 2 rings (SSSR count). The topological polar surface area (TPSA) is 73.3 Å². The van der Waals surface area contributed by atoms with Crippen molar-refractivity contribution in [3.05, 3.63) is 40.9 Å². The first kappa shape index (κ1) is 19.0. The van der Waals surface area contributed by atoms with Gasteiger partial charge < -0.3 is 14.8 Å². The monoisotopic (exact) mass is 363 g/mol. The number of rotatable bonds is 5. The lowest BCUT2D eigenvalue weighted by atomic mass is 9.96. The van der Waals surface area contributed by atoms with Crippen molar-refractivity contribution in [1.82, 2.24) is 9.97 Å². The van der Waals surface area contributed by atoms with Gasteiger partial charge in [0.15, 0.2) is 11.5 Å². The highest BCUT2D eigenvalue weighted by Crippen LogP contribution is 2.36. The lowest BCUT2D eigenvalue weighted by Gasteiger charge is -2.16. The first-order valence-electron chi connectivity index (χ1n) is 7.90. The number of methoxy groups -OCH3 is 1. The molecule has 0 aliphatic heterocycles. The molecule has 0 aliphatic rings. The lowest BCUT2D eigenvalue weighted by molar-refractivity contribution is 0.102. The molecular weight excluding hydrogens is 342 g/mol. The number of benzene rings is 1. The van der Waals surface area contributed by atoms with Crippen LogP contribution in [0.15, 0.2) is 24.5 Å². The van der Waals surface area contributed by atoms with Gasteiger partial charge in [0.25, 0.3) is 5.91 Å². The van der Waals surface area contributed by atoms with Crippen LogP contribution >= 0.6 is 11.6 Å². The number of carbonyl (C=O) groups excluding carboxylic acids is 1. The zero-order chi connectivity index (χ0) is 18.6. The molecule has 0 fully saturated rings. The van der Waals surface area contributed by atoms with Gasteiger partial charge in [-0.05, 0) is 19.1 Å². The summed E-state index contributed by atoms with van der Waals surface area (Å²) < 4.78 is 10.7. The summed E-state index contributed by atoms with van der Waals surface area (Å²) >= 11 is 6.20. The summed E-state index contributed by atoms with van der Waals surface area (Å²) in [5.41, 5.74) is 0.700. The highest BCUT2D eigenvalue weighted by molar-refractivity contribution is 6.32. The summed E-state index contributed by atoms with van der Waals surface area (Å²) in [6, 6.07) is 3.12. The Bertz CT molecular complexity index is 755. The van der Waals surface area contributed by atoms with Gasteiger partial charge in [-0.2, -0.15) is 0 Å². The van der Waals surface area contributed by atoms with E-state index in [9.17, 15) is 4.79 Å². The molecule has 0 unspecified atom stereocenters. The summed E-state index contributed by atoms with van der Waals surface area (Å²) in [5, 5.41) is 3.06. The van der Waals surface area contributed by atoms with Crippen LogP contribution in [-0.4, -0.2) is 29.6 Å². The van der Waals surface area contributed by atoms with E-state index < -0.39 is 0 Å². The van der Waals surface area contributed by atoms with E-state index in [0.29, 0.717) is 40.2 Å². The van der Waals surface area contributed by atoms with E-state index in [4.69, 9.17) is 21.1 Å². The van der Waals surface area contributed by atoms with Crippen molar-refractivity contribution in [3.63, 3.8) is 0 Å². The van der Waals surface area contributed by atoms with E-state index in [-0.39, 0.29) is 11.3 Å². The van der Waals surface area contributed by atoms with Crippen LogP contribution < -0.4 is 14.8 Å². The van der Waals surface area contributed by atoms with E-state index in [0.717, 1.165) is 0 Å². The summed E-state index contributed by atoms with van der Waals surface area (Å²) in [6.45, 7) is 8.36. The smallest absolute Gasteiger partial charge is 0.255 e. The summed E-state index contributed by atoms with van der Waals surface area (Å²) in [6.07, 6.45) is 3.16. The number of nitrogens with one attached hydrogen (secondary N) is 1. The maximum Gasteiger partial charge on any atom is 0.255 e. The molecule has 1 aromatic carbocycles. The Kier molecular flexibility index (Phi) is 5.85. The molecule has 0 saturated heterocycles. The van der Waals surface area contributed by atoms with Crippen LogP contribution in [0.5, 0.6) is 11.5 Å². The molecule has 0 aliphatic carbocycles. The first-order valence-corrected chi connectivity index (χ1v) is 8.28. The molecule has 0 radical (unpaired) electrons. The lowest BCUT2D eigenvalue weighted by Crippen LogP contribution is -2.17. The largest absolute Gasteiger partial charge is 0.493 e. The number of nitrogens with zero attached hydrogens (tertiary/aromatic N) is 2. The molecule has 0 saturated carbocycles. The molecule has 7 heteroatoms. The SMILES string of the molecule is CCOc1c(Cl)cc(C(=O)Nc2cnc(C(C)(C)C)nc2)cc1OC. The zero-order valence-corrected chi connectivity index (χ0v) is 15.8. The number of hydrogen-bond acceptors (Lipinski definition) is 5. The number of amides is 1. The Morgan fingerprint density at radius 1 is 1.24 bits per heavy atom. The van der Waals surface area contributed by atoms with Crippen LogP contribution in [-0.2, 0) is 5.41 Å². The molecule has 2 aromatic rings. The van der Waals surface area contributed by atoms with Gasteiger partial charge in [-0.15, -0.1) is 0 Å². The van der Waals surface area contributed by atoms with Crippen molar-refractivity contribution in [2.75, 3.05) is 19.0 Å². The second-order valence-corrected chi connectivity index (χ2v) is 6.83. The highest BCUT2D eigenvalue weighted by atomic mass is 35.5. The van der Waals surface area contributed by atoms with Gasteiger partial charge in [-0.25, -0.2) is 9.97 Å². The molecule has 1 heterocycles. The quantitative estimate of drug-likeness (QED) is 0.866. The van der Waals surface area contributed by atoms with E-state index in [1.165, 1.54) is 13.2 Å². The minimum atomic E-state index is -0.338. The second-order valence-electron chi connectivity index (χ2n) is 6.42. The minimum Gasteiger partial charge on any atom is -0.493 e. The van der Waals surface area contributed by atoms with E-state index in [1.54, 1.807) is 18.5 Å². The third kappa shape index (κ3) is 4.60. The second kappa shape index (κ2) is 7.70. The van der Waals surface area contributed by atoms with Gasteiger partial charge in [0, 0.05) is 11.0 Å². The Morgan fingerprint density at radius 2 is 1.88 bits per heavy atom. The van der Waals surface area contributed by atoms with Crippen LogP contribution in [0, 0.1) is 0 Å². The predicted molar refractivity (Wildman–Crippen MR) is 97.9 cm³/mol. The van der Waals surface area contributed by atoms with Gasteiger partial charge in [0.2, 0.25) is 0 Å². The van der Waals surface area contributed by atoms with Crippen molar-refractivity contribution in [2.24, 2.45) is 0 Å². The van der Waals surface area contributed by atoms with Crippen molar-refractivity contribution < 1.29 is 14.3 Å². The Balaban J connectivity index is 2.22. The van der Waals surface area contributed by atoms with Gasteiger partial charge >= 0.3 is 0 Å². The number of halogens is 1. The van der Waals surface area contributed by atoms with Crippen molar-refractivity contribution in [3.8, 4) is 11.5 Å². The standard InChI is InChI=1S/C18H22ClN3O3/c1-6-25-15-13(19)7-11(8-14(15)24-5)16(23)22-12-9-20-17(21-10-12)18(2,3)4/h7-10H,6H2,1-5H3,(H,22,23). The van der Waals surface area contributed by atoms with Crippen LogP contribution in [0.3, 0.4) is 0 Å². The molecule has 1 amide bonds. The van der Waals surface area contributed by atoms with Crippen molar-refractivity contribution >= 4 is 23.2 Å². The van der Waals surface area contributed by atoms with Gasteiger partial charge in [0.1, 0.15) is 5.82 Å². The average molecular weight is 364 g/mol. The molecule has 25 heavy (non-hydrogen) atoms.